The summed E-state index contributed by atoms with van der Waals surface area (Å²) in [6, 6.07) is 12.4. The number of rotatable bonds is 3. The van der Waals surface area contributed by atoms with E-state index in [1.54, 1.807) is 13.2 Å². The lowest BCUT2D eigenvalue weighted by Gasteiger charge is -2.27. The highest BCUT2D eigenvalue weighted by atomic mass is 28.1. The molecule has 0 aromatic heterocycles. The van der Waals surface area contributed by atoms with Gasteiger partial charge in [-0.1, -0.05) is 29.5 Å². The molecule has 0 radical (unpaired) electrons. The maximum atomic E-state index is 10.0. The predicted octanol–water partition coefficient (Wildman–Crippen LogP) is 1.25. The van der Waals surface area contributed by atoms with Crippen LogP contribution in [0.4, 0.5) is 0 Å². The van der Waals surface area contributed by atoms with Crippen LogP contribution in [0.15, 0.2) is 36.4 Å². The lowest BCUT2D eigenvalue weighted by molar-refractivity contribution is 0.0424. The molecule has 1 unspecified atom stereocenters. The molecule has 1 heterocycles. The van der Waals surface area contributed by atoms with E-state index in [9.17, 15) is 5.11 Å². The first kappa shape index (κ1) is 14.2. The van der Waals surface area contributed by atoms with Gasteiger partial charge in [0, 0.05) is 16.7 Å². The second kappa shape index (κ2) is 5.91. The average Bonchev–Trinajstić information content (AvgIpc) is 2.49. The van der Waals surface area contributed by atoms with Crippen molar-refractivity contribution in [3.8, 4) is 11.5 Å². The highest BCUT2D eigenvalue weighted by Crippen LogP contribution is 2.37. The maximum absolute atomic E-state index is 10.0. The molecule has 1 aliphatic rings. The third-order valence-corrected chi connectivity index (χ3v) is 4.69. The van der Waals surface area contributed by atoms with Gasteiger partial charge in [0.15, 0.2) is 11.5 Å². The van der Waals surface area contributed by atoms with Gasteiger partial charge in [0.2, 0.25) is 0 Å². The zero-order chi connectivity index (χ0) is 14.8. The number of hydrogen-bond donors (Lipinski definition) is 1. The van der Waals surface area contributed by atoms with E-state index in [0.29, 0.717) is 12.4 Å². The monoisotopic (exact) mass is 300 g/mol. The Kier molecular flexibility index (Phi) is 3.99. The molecule has 0 bridgehead atoms. The Labute approximate surface area is 127 Å². The number of benzene rings is 2. The summed E-state index contributed by atoms with van der Waals surface area (Å²) < 4.78 is 11.1. The van der Waals surface area contributed by atoms with Crippen molar-refractivity contribution in [1.82, 2.24) is 0 Å². The summed E-state index contributed by atoms with van der Waals surface area (Å²) in [5, 5.41) is 11.4. The van der Waals surface area contributed by atoms with Crippen molar-refractivity contribution in [2.24, 2.45) is 0 Å². The van der Waals surface area contributed by atoms with Gasteiger partial charge in [-0.3, -0.25) is 0 Å². The van der Waals surface area contributed by atoms with Crippen LogP contribution in [0.1, 0.15) is 22.8 Å². The predicted molar refractivity (Wildman–Crippen MR) is 86.8 cm³/mol. The van der Waals surface area contributed by atoms with Crippen molar-refractivity contribution in [3.63, 3.8) is 0 Å². The van der Waals surface area contributed by atoms with Crippen LogP contribution < -0.4 is 9.92 Å². The molecule has 1 N–H and O–H groups in total. The molecule has 2 aromatic rings. The van der Waals surface area contributed by atoms with Crippen molar-refractivity contribution in [2.45, 2.75) is 18.9 Å². The van der Waals surface area contributed by atoms with Gasteiger partial charge in [-0.25, -0.2) is 0 Å². The van der Waals surface area contributed by atoms with Crippen molar-refractivity contribution in [1.29, 1.82) is 0 Å². The molecule has 1 aliphatic heterocycles. The molecule has 21 heavy (non-hydrogen) atoms. The fourth-order valence-electron chi connectivity index (χ4n) is 2.81. The minimum absolute atomic E-state index is 0.00510. The molecule has 0 aliphatic carbocycles. The molecular weight excluding hydrogens is 280 g/mol. The largest absolute Gasteiger partial charge is 0.504 e. The topological polar surface area (TPSA) is 38.7 Å². The summed E-state index contributed by atoms with van der Waals surface area (Å²) in [5.41, 5.74) is 3.55. The molecule has 110 valence electrons. The SMILES string of the molecule is COc1cc2c(cc1O)C(Cc1ccc([SiH3])cc1)OCC2. The molecule has 4 heteroatoms. The van der Waals surface area contributed by atoms with Crippen LogP contribution in [-0.4, -0.2) is 29.1 Å². The van der Waals surface area contributed by atoms with Crippen LogP contribution >= 0.6 is 0 Å². The van der Waals surface area contributed by atoms with E-state index in [4.69, 9.17) is 9.47 Å². The Balaban J connectivity index is 1.89. The third kappa shape index (κ3) is 2.96. The Morgan fingerprint density at radius 2 is 2.05 bits per heavy atom. The molecule has 2 aromatic carbocycles. The number of aromatic hydroxyl groups is 1. The van der Waals surface area contributed by atoms with Crippen LogP contribution in [0.5, 0.6) is 11.5 Å². The van der Waals surface area contributed by atoms with Crippen molar-refractivity contribution in [3.05, 3.63) is 53.1 Å². The summed E-state index contributed by atoms with van der Waals surface area (Å²) in [5.74, 6) is 0.719. The molecule has 3 rings (SSSR count). The minimum Gasteiger partial charge on any atom is -0.504 e. The molecule has 1 atom stereocenters. The number of methoxy groups -OCH3 is 1. The Morgan fingerprint density at radius 1 is 1.29 bits per heavy atom. The smallest absolute Gasteiger partial charge is 0.160 e. The van der Waals surface area contributed by atoms with E-state index < -0.39 is 0 Å². The first-order chi connectivity index (χ1) is 10.2. The van der Waals surface area contributed by atoms with Crippen molar-refractivity contribution in [2.75, 3.05) is 13.7 Å². The average molecular weight is 300 g/mol. The van der Waals surface area contributed by atoms with Gasteiger partial charge in [0.1, 0.15) is 0 Å². The molecule has 0 spiro atoms. The lowest BCUT2D eigenvalue weighted by Crippen LogP contribution is -2.18. The fourth-order valence-corrected chi connectivity index (χ4v) is 3.15. The fraction of sp³-hybridized carbons (Fsp3) is 0.294. The van der Waals surface area contributed by atoms with E-state index in [1.807, 2.05) is 6.07 Å². The van der Waals surface area contributed by atoms with Crippen LogP contribution in [-0.2, 0) is 17.6 Å². The normalized spacial score (nSPS) is 17.5. The number of hydrogen-bond acceptors (Lipinski definition) is 3. The number of phenols is 1. The zero-order valence-corrected chi connectivity index (χ0v) is 14.4. The first-order valence-corrected chi connectivity index (χ1v) is 8.24. The highest BCUT2D eigenvalue weighted by molar-refractivity contribution is 6.32. The Bertz CT molecular complexity index is 637. The van der Waals surface area contributed by atoms with E-state index in [-0.39, 0.29) is 11.9 Å². The van der Waals surface area contributed by atoms with Gasteiger partial charge in [-0.15, -0.1) is 0 Å². The lowest BCUT2D eigenvalue weighted by atomic mass is 9.93. The summed E-state index contributed by atoms with van der Waals surface area (Å²) in [4.78, 5) is 0. The quantitative estimate of drug-likeness (QED) is 0.867. The number of phenolic OH excluding ortho intramolecular Hbond substituents is 1. The summed E-state index contributed by atoms with van der Waals surface area (Å²) in [7, 11) is 2.65. The van der Waals surface area contributed by atoms with Gasteiger partial charge in [-0.05, 0) is 35.2 Å². The summed E-state index contributed by atoms with van der Waals surface area (Å²) in [6.45, 7) is 0.713. The molecule has 3 nitrogen and oxygen atoms in total. The van der Waals surface area contributed by atoms with Crippen molar-refractivity contribution < 1.29 is 14.6 Å². The van der Waals surface area contributed by atoms with Crippen LogP contribution in [0.2, 0.25) is 0 Å². The Hall–Kier alpha value is -1.78. The van der Waals surface area contributed by atoms with Gasteiger partial charge in [-0.2, -0.15) is 0 Å². The molecule has 0 saturated carbocycles. The maximum Gasteiger partial charge on any atom is 0.160 e. The molecular formula is C17H20O3Si. The first-order valence-electron chi connectivity index (χ1n) is 7.24. The minimum atomic E-state index is 0.00510. The van der Waals surface area contributed by atoms with E-state index in [1.165, 1.54) is 16.3 Å². The second-order valence-electron chi connectivity index (χ2n) is 5.52. The van der Waals surface area contributed by atoms with E-state index >= 15 is 0 Å². The van der Waals surface area contributed by atoms with Gasteiger partial charge in [0.25, 0.3) is 0 Å². The number of fused-ring (bicyclic) bond motifs is 1. The highest BCUT2D eigenvalue weighted by Gasteiger charge is 2.23. The van der Waals surface area contributed by atoms with Gasteiger partial charge < -0.3 is 14.6 Å². The summed E-state index contributed by atoms with van der Waals surface area (Å²) >= 11 is 0. The molecule has 0 saturated heterocycles. The third-order valence-electron chi connectivity index (χ3n) is 4.02. The summed E-state index contributed by atoms with van der Waals surface area (Å²) in [6.07, 6.45) is 1.70. The molecule has 0 fully saturated rings. The number of ether oxygens (including phenoxy) is 2. The van der Waals surface area contributed by atoms with E-state index in [2.05, 4.69) is 24.3 Å². The second-order valence-corrected chi connectivity index (χ2v) is 6.68. The standard InChI is InChI=1S/C17H20O3Si/c1-19-17-9-12-6-7-20-16(14(12)10-15(17)18)8-11-2-4-13(21)5-3-11/h2-5,9-10,16,18H,6-8H2,1,21H3. The van der Waals surface area contributed by atoms with Crippen LogP contribution in [0.25, 0.3) is 0 Å². The Morgan fingerprint density at radius 3 is 2.76 bits per heavy atom. The van der Waals surface area contributed by atoms with E-state index in [0.717, 1.165) is 28.6 Å². The van der Waals surface area contributed by atoms with Gasteiger partial charge in [0.05, 0.1) is 19.8 Å². The molecule has 0 amide bonds. The zero-order valence-electron chi connectivity index (χ0n) is 12.4. The van der Waals surface area contributed by atoms with Gasteiger partial charge >= 0.3 is 0 Å². The van der Waals surface area contributed by atoms with Crippen LogP contribution in [0, 0.1) is 0 Å². The van der Waals surface area contributed by atoms with Crippen molar-refractivity contribution >= 4 is 15.4 Å². The van der Waals surface area contributed by atoms with Crippen LogP contribution in [0.3, 0.4) is 0 Å².